The lowest BCUT2D eigenvalue weighted by Crippen LogP contribution is -2.45. The molecule has 122 valence electrons. The first-order valence-corrected chi connectivity index (χ1v) is 7.49. The molecule has 0 saturated carbocycles. The third-order valence-corrected chi connectivity index (χ3v) is 3.91. The minimum atomic E-state index is -0.907. The molecule has 6 nitrogen and oxygen atoms in total. The molecule has 0 aromatic rings. The fourth-order valence-electron chi connectivity index (χ4n) is 1.78. The van der Waals surface area contributed by atoms with E-state index in [-0.39, 0.29) is 18.1 Å². The molecule has 1 heterocycles. The maximum Gasteiger partial charge on any atom is 0.417 e. The van der Waals surface area contributed by atoms with Gasteiger partial charge in [0.1, 0.15) is 12.7 Å². The number of hydrogen-bond acceptors (Lipinski definition) is 6. The molecule has 6 heteroatoms. The first-order chi connectivity index (χ1) is 9.70. The van der Waals surface area contributed by atoms with Crippen molar-refractivity contribution in [3.63, 3.8) is 0 Å². The van der Waals surface area contributed by atoms with E-state index in [1.54, 1.807) is 6.92 Å². The van der Waals surface area contributed by atoms with Gasteiger partial charge < -0.3 is 14.4 Å². The number of piperazine rings is 1. The fourth-order valence-corrected chi connectivity index (χ4v) is 1.78. The van der Waals surface area contributed by atoms with E-state index in [1.165, 1.54) is 0 Å². The van der Waals surface area contributed by atoms with E-state index in [0.717, 1.165) is 26.2 Å². The molecule has 0 aromatic carbocycles. The summed E-state index contributed by atoms with van der Waals surface area (Å²) in [7, 11) is 2.09. The smallest absolute Gasteiger partial charge is 0.417 e. The number of likely N-dealkylation sites (N-methyl/N-ethyl adjacent to an activating group) is 1. The summed E-state index contributed by atoms with van der Waals surface area (Å²) < 4.78 is 10.1. The summed E-state index contributed by atoms with van der Waals surface area (Å²) in [5.41, 5.74) is -0.199. The van der Waals surface area contributed by atoms with Gasteiger partial charge in [-0.2, -0.15) is 0 Å². The predicted octanol–water partition coefficient (Wildman–Crippen LogP) is 0.755. The Bertz CT molecular complexity index is 357. The quantitative estimate of drug-likeness (QED) is 0.564. The van der Waals surface area contributed by atoms with Crippen molar-refractivity contribution in [1.29, 1.82) is 0 Å². The van der Waals surface area contributed by atoms with Crippen LogP contribution in [0.15, 0.2) is 0 Å². The molecule has 1 atom stereocenters. The fraction of sp³-hybridized carbons (Fsp3) is 0.867. The number of esters is 2. The highest BCUT2D eigenvalue weighted by Gasteiger charge is 2.27. The Balaban J connectivity index is 2.22. The Hall–Kier alpha value is -1.14. The molecule has 0 radical (unpaired) electrons. The Morgan fingerprint density at radius 3 is 2.19 bits per heavy atom. The third-order valence-electron chi connectivity index (χ3n) is 3.91. The summed E-state index contributed by atoms with van der Waals surface area (Å²) in [6.07, 6.45) is -0.338. The van der Waals surface area contributed by atoms with Gasteiger partial charge in [0, 0.05) is 32.7 Å². The van der Waals surface area contributed by atoms with E-state index in [1.807, 2.05) is 20.8 Å². The van der Waals surface area contributed by atoms with E-state index >= 15 is 0 Å². The van der Waals surface area contributed by atoms with Crippen LogP contribution in [0.3, 0.4) is 0 Å². The Morgan fingerprint density at radius 1 is 1.10 bits per heavy atom. The molecule has 0 N–H and O–H groups in total. The second-order valence-electron chi connectivity index (χ2n) is 6.69. The first-order valence-electron chi connectivity index (χ1n) is 7.49. The number of carbonyl (C=O) groups excluding carboxylic acids is 2. The van der Waals surface area contributed by atoms with Gasteiger partial charge in [-0.1, -0.05) is 20.8 Å². The minimum absolute atomic E-state index is 0.199. The molecule has 0 spiro atoms. The van der Waals surface area contributed by atoms with Crippen LogP contribution in [0.1, 0.15) is 27.7 Å². The molecule has 0 unspecified atom stereocenters. The van der Waals surface area contributed by atoms with Gasteiger partial charge in [0.05, 0.1) is 0 Å². The number of nitrogens with zero attached hydrogens (tertiary/aromatic N) is 2. The van der Waals surface area contributed by atoms with E-state index in [2.05, 4.69) is 16.8 Å². The zero-order valence-electron chi connectivity index (χ0n) is 13.8. The van der Waals surface area contributed by atoms with Crippen molar-refractivity contribution < 1.29 is 19.1 Å². The maximum atomic E-state index is 11.6. The van der Waals surface area contributed by atoms with Gasteiger partial charge in [0.15, 0.2) is 0 Å². The van der Waals surface area contributed by atoms with Crippen LogP contribution < -0.4 is 0 Å². The average Bonchev–Trinajstić information content (AvgIpc) is 2.39. The zero-order valence-corrected chi connectivity index (χ0v) is 13.8. The normalized spacial score (nSPS) is 19.1. The van der Waals surface area contributed by atoms with E-state index in [4.69, 9.17) is 9.47 Å². The van der Waals surface area contributed by atoms with E-state index in [9.17, 15) is 9.59 Å². The van der Waals surface area contributed by atoms with Gasteiger partial charge in [0.25, 0.3) is 0 Å². The van der Waals surface area contributed by atoms with Gasteiger partial charge in [-0.3, -0.25) is 4.90 Å². The van der Waals surface area contributed by atoms with Crippen LogP contribution in [0, 0.1) is 5.41 Å². The molecular weight excluding hydrogens is 272 g/mol. The molecule has 0 amide bonds. The predicted molar refractivity (Wildman–Crippen MR) is 79.9 cm³/mol. The summed E-state index contributed by atoms with van der Waals surface area (Å²) in [6, 6.07) is 0. The molecule has 1 fully saturated rings. The van der Waals surface area contributed by atoms with Crippen LogP contribution in [-0.4, -0.2) is 74.2 Å². The van der Waals surface area contributed by atoms with Crippen molar-refractivity contribution in [1.82, 2.24) is 9.80 Å². The Labute approximate surface area is 127 Å². The van der Waals surface area contributed by atoms with Crippen LogP contribution in [0.5, 0.6) is 0 Å². The van der Waals surface area contributed by atoms with Gasteiger partial charge in [-0.25, -0.2) is 9.59 Å². The minimum Gasteiger partial charge on any atom is -0.456 e. The van der Waals surface area contributed by atoms with Gasteiger partial charge in [-0.15, -0.1) is 0 Å². The summed E-state index contributed by atoms with van der Waals surface area (Å²) in [4.78, 5) is 27.7. The Morgan fingerprint density at radius 2 is 1.67 bits per heavy atom. The van der Waals surface area contributed by atoms with Crippen molar-refractivity contribution >= 4 is 11.9 Å². The molecule has 0 aromatic heterocycles. The highest BCUT2D eigenvalue weighted by Crippen LogP contribution is 2.21. The highest BCUT2D eigenvalue weighted by atomic mass is 16.6. The number of ether oxygens (including phenoxy) is 2. The highest BCUT2D eigenvalue weighted by molar-refractivity contribution is 6.29. The van der Waals surface area contributed by atoms with Crippen LogP contribution in [0.4, 0.5) is 0 Å². The standard InChI is InChI=1S/C15H28N2O4/c1-12(15(2,3)4)21-14(19)13(18)20-11-10-17-8-6-16(5)7-9-17/h12H,6-11H2,1-5H3/t12-/m1/s1. The maximum absolute atomic E-state index is 11.6. The van der Waals surface area contributed by atoms with Crippen molar-refractivity contribution in [3.05, 3.63) is 0 Å². The van der Waals surface area contributed by atoms with Crippen LogP contribution >= 0.6 is 0 Å². The van der Waals surface area contributed by atoms with Crippen LogP contribution in [-0.2, 0) is 19.1 Å². The second kappa shape index (κ2) is 7.75. The monoisotopic (exact) mass is 300 g/mol. The Kier molecular flexibility index (Phi) is 6.61. The molecule has 0 aliphatic carbocycles. The topological polar surface area (TPSA) is 59.1 Å². The summed E-state index contributed by atoms with van der Waals surface area (Å²) in [6.45, 7) is 12.4. The summed E-state index contributed by atoms with van der Waals surface area (Å²) >= 11 is 0. The van der Waals surface area contributed by atoms with Gasteiger partial charge in [-0.05, 0) is 19.4 Å². The number of rotatable bonds is 4. The van der Waals surface area contributed by atoms with Gasteiger partial charge in [0.2, 0.25) is 0 Å². The zero-order chi connectivity index (χ0) is 16.0. The van der Waals surface area contributed by atoms with Crippen molar-refractivity contribution in [3.8, 4) is 0 Å². The lowest BCUT2D eigenvalue weighted by atomic mass is 9.90. The molecular formula is C15H28N2O4. The lowest BCUT2D eigenvalue weighted by molar-refractivity contribution is -0.173. The SMILES string of the molecule is C[C@@H](OC(=O)C(=O)OCCN1CCN(C)CC1)C(C)(C)C. The summed E-state index contributed by atoms with van der Waals surface area (Å²) in [5, 5.41) is 0. The van der Waals surface area contributed by atoms with Crippen molar-refractivity contribution in [2.45, 2.75) is 33.8 Å². The molecule has 21 heavy (non-hydrogen) atoms. The molecule has 1 rings (SSSR count). The molecule has 1 aliphatic heterocycles. The lowest BCUT2D eigenvalue weighted by Gasteiger charge is -2.32. The number of carbonyl (C=O) groups is 2. The summed E-state index contributed by atoms with van der Waals surface area (Å²) in [5.74, 6) is -1.81. The third kappa shape index (κ3) is 6.44. The van der Waals surface area contributed by atoms with Crippen LogP contribution in [0.2, 0.25) is 0 Å². The van der Waals surface area contributed by atoms with Gasteiger partial charge >= 0.3 is 11.9 Å². The van der Waals surface area contributed by atoms with Crippen molar-refractivity contribution in [2.24, 2.45) is 5.41 Å². The second-order valence-corrected chi connectivity index (χ2v) is 6.69. The number of hydrogen-bond donors (Lipinski definition) is 0. The van der Waals surface area contributed by atoms with Crippen LogP contribution in [0.25, 0.3) is 0 Å². The largest absolute Gasteiger partial charge is 0.456 e. The van der Waals surface area contributed by atoms with Crippen molar-refractivity contribution in [2.75, 3.05) is 46.4 Å². The van der Waals surface area contributed by atoms with E-state index in [0.29, 0.717) is 6.54 Å². The van der Waals surface area contributed by atoms with E-state index < -0.39 is 11.9 Å². The molecule has 1 saturated heterocycles. The first kappa shape index (κ1) is 17.9. The average molecular weight is 300 g/mol. The molecule has 1 aliphatic rings. The molecule has 0 bridgehead atoms.